The standard InChI is InChI=1S/C27H28O11/c1-10(28)18-23(33)24(36-3)14-8-13-7-12-5-4-6-15(29)19(12)22(32)20(13)26(35)27(14,25(18)34)38-17-9-16(30)21(31)11(2)37-17/h4-7,11,14,16-17,21,24,29-32,34H,8-9H2,1-3H3. The minimum Gasteiger partial charge on any atom is -0.508 e. The molecule has 5 rings (SSSR count). The number of aromatic hydroxyl groups is 2. The number of benzene rings is 2. The van der Waals surface area contributed by atoms with Crippen LogP contribution in [0.2, 0.25) is 0 Å². The van der Waals surface area contributed by atoms with Crippen LogP contribution in [0, 0.1) is 5.92 Å². The highest BCUT2D eigenvalue weighted by Gasteiger charge is 2.64. The van der Waals surface area contributed by atoms with Crippen LogP contribution in [-0.2, 0) is 30.2 Å². The average molecular weight is 529 g/mol. The summed E-state index contributed by atoms with van der Waals surface area (Å²) in [4.78, 5) is 40.2. The second kappa shape index (κ2) is 9.14. The van der Waals surface area contributed by atoms with Crippen LogP contribution in [0.1, 0.15) is 36.2 Å². The van der Waals surface area contributed by atoms with Gasteiger partial charge in [0.25, 0.3) is 0 Å². The van der Waals surface area contributed by atoms with Gasteiger partial charge >= 0.3 is 0 Å². The van der Waals surface area contributed by atoms with E-state index in [9.17, 15) is 39.9 Å². The van der Waals surface area contributed by atoms with Crippen molar-refractivity contribution in [2.45, 2.75) is 63.0 Å². The van der Waals surface area contributed by atoms with Gasteiger partial charge < -0.3 is 39.7 Å². The van der Waals surface area contributed by atoms with Gasteiger partial charge in [-0.15, -0.1) is 0 Å². The zero-order valence-electron chi connectivity index (χ0n) is 20.9. The summed E-state index contributed by atoms with van der Waals surface area (Å²) in [5.41, 5.74) is -3.06. The predicted molar refractivity (Wildman–Crippen MR) is 130 cm³/mol. The lowest BCUT2D eigenvalue weighted by molar-refractivity contribution is -0.281. The van der Waals surface area contributed by atoms with Crippen molar-refractivity contribution in [1.29, 1.82) is 0 Å². The van der Waals surface area contributed by atoms with E-state index in [1.54, 1.807) is 18.2 Å². The molecule has 0 spiro atoms. The Morgan fingerprint density at radius 1 is 1.16 bits per heavy atom. The first kappa shape index (κ1) is 26.3. The Balaban J connectivity index is 1.78. The molecule has 1 heterocycles. The van der Waals surface area contributed by atoms with Crippen molar-refractivity contribution < 1.29 is 54.1 Å². The predicted octanol–water partition coefficient (Wildman–Crippen LogP) is 1.22. The number of carbonyl (C=O) groups excluding carboxylic acids is 3. The van der Waals surface area contributed by atoms with Crippen molar-refractivity contribution in [1.82, 2.24) is 0 Å². The average Bonchev–Trinajstić information content (AvgIpc) is 2.84. The molecule has 38 heavy (non-hydrogen) atoms. The zero-order chi connectivity index (χ0) is 27.7. The molecular formula is C27H28O11. The Kier molecular flexibility index (Phi) is 6.32. The molecule has 2 aliphatic carbocycles. The molecular weight excluding hydrogens is 500 g/mol. The summed E-state index contributed by atoms with van der Waals surface area (Å²) in [6, 6.07) is 6.13. The van der Waals surface area contributed by atoms with E-state index in [2.05, 4.69) is 0 Å². The first-order chi connectivity index (χ1) is 17.9. The third kappa shape index (κ3) is 3.57. The van der Waals surface area contributed by atoms with Crippen molar-refractivity contribution in [3.8, 4) is 11.5 Å². The monoisotopic (exact) mass is 528 g/mol. The van der Waals surface area contributed by atoms with Gasteiger partial charge in [-0.05, 0) is 37.3 Å². The van der Waals surface area contributed by atoms with Crippen molar-refractivity contribution in [2.75, 3.05) is 7.11 Å². The van der Waals surface area contributed by atoms with E-state index in [0.29, 0.717) is 10.9 Å². The molecule has 0 aromatic heterocycles. The molecule has 0 radical (unpaired) electrons. The molecule has 5 N–H and O–H groups in total. The third-order valence-corrected chi connectivity index (χ3v) is 7.78. The number of hydrogen-bond acceptors (Lipinski definition) is 11. The molecule has 1 aliphatic heterocycles. The first-order valence-corrected chi connectivity index (χ1v) is 12.2. The number of fused-ring (bicyclic) bond motifs is 3. The van der Waals surface area contributed by atoms with Gasteiger partial charge in [0.2, 0.25) is 5.78 Å². The number of carbonyl (C=O) groups is 3. The number of aliphatic hydroxyl groups excluding tert-OH is 3. The molecule has 202 valence electrons. The number of aliphatic hydroxyl groups is 3. The number of ketones is 3. The Bertz CT molecular complexity index is 1380. The molecule has 11 heteroatoms. The fourth-order valence-corrected chi connectivity index (χ4v) is 5.97. The molecule has 2 aromatic carbocycles. The fraction of sp³-hybridized carbons (Fsp3) is 0.444. The maximum absolute atomic E-state index is 14.4. The first-order valence-electron chi connectivity index (χ1n) is 12.2. The number of methoxy groups -OCH3 is 1. The van der Waals surface area contributed by atoms with Gasteiger partial charge in [0, 0.05) is 19.4 Å². The molecule has 0 amide bonds. The van der Waals surface area contributed by atoms with E-state index in [0.717, 1.165) is 6.92 Å². The largest absolute Gasteiger partial charge is 0.508 e. The smallest absolute Gasteiger partial charge is 0.207 e. The fourth-order valence-electron chi connectivity index (χ4n) is 5.97. The topological polar surface area (TPSA) is 180 Å². The van der Waals surface area contributed by atoms with Crippen LogP contribution >= 0.6 is 0 Å². The Hall–Kier alpha value is -3.35. The summed E-state index contributed by atoms with van der Waals surface area (Å²) in [7, 11) is 1.22. The van der Waals surface area contributed by atoms with Gasteiger partial charge in [0.05, 0.1) is 23.2 Å². The normalized spacial score (nSPS) is 33.3. The number of phenols is 2. The lowest BCUT2D eigenvalue weighted by atomic mass is 9.62. The summed E-state index contributed by atoms with van der Waals surface area (Å²) in [6.07, 6.45) is -6.58. The molecule has 2 aromatic rings. The van der Waals surface area contributed by atoms with Crippen LogP contribution < -0.4 is 0 Å². The molecule has 7 atom stereocenters. The van der Waals surface area contributed by atoms with Crippen molar-refractivity contribution in [3.05, 3.63) is 46.7 Å². The second-order valence-corrected chi connectivity index (χ2v) is 9.99. The van der Waals surface area contributed by atoms with Crippen LogP contribution in [0.15, 0.2) is 35.6 Å². The third-order valence-electron chi connectivity index (χ3n) is 7.78. The van der Waals surface area contributed by atoms with Gasteiger partial charge in [0.1, 0.15) is 35.0 Å². The van der Waals surface area contributed by atoms with E-state index < -0.39 is 76.7 Å². The van der Waals surface area contributed by atoms with E-state index in [1.807, 2.05) is 0 Å². The lowest BCUT2D eigenvalue weighted by Gasteiger charge is -2.50. The number of ether oxygens (including phenoxy) is 3. The van der Waals surface area contributed by atoms with E-state index in [-0.39, 0.29) is 29.5 Å². The second-order valence-electron chi connectivity index (χ2n) is 9.99. The Morgan fingerprint density at radius 3 is 2.50 bits per heavy atom. The minimum atomic E-state index is -2.43. The summed E-state index contributed by atoms with van der Waals surface area (Å²) < 4.78 is 17.3. The summed E-state index contributed by atoms with van der Waals surface area (Å²) in [5.74, 6) is -5.62. The summed E-state index contributed by atoms with van der Waals surface area (Å²) >= 11 is 0. The molecule has 1 fully saturated rings. The maximum Gasteiger partial charge on any atom is 0.207 e. The highest BCUT2D eigenvalue weighted by atomic mass is 16.7. The quantitative estimate of drug-likeness (QED) is 0.360. The number of Topliss-reactive ketones (excluding diaryl/α,β-unsaturated/α-hetero) is 3. The van der Waals surface area contributed by atoms with Gasteiger partial charge in [-0.3, -0.25) is 14.4 Å². The number of phenolic OH excluding ortho intramolecular Hbond substituents is 2. The summed E-state index contributed by atoms with van der Waals surface area (Å²) in [5, 5.41) is 54.0. The van der Waals surface area contributed by atoms with Crippen LogP contribution in [-0.4, -0.2) is 86.3 Å². The Morgan fingerprint density at radius 2 is 1.87 bits per heavy atom. The van der Waals surface area contributed by atoms with E-state index in [1.165, 1.54) is 20.1 Å². The lowest BCUT2D eigenvalue weighted by Crippen LogP contribution is -2.65. The van der Waals surface area contributed by atoms with Crippen LogP contribution in [0.4, 0.5) is 0 Å². The van der Waals surface area contributed by atoms with Crippen LogP contribution in [0.3, 0.4) is 0 Å². The molecule has 3 aliphatic rings. The molecule has 7 unspecified atom stereocenters. The van der Waals surface area contributed by atoms with Crippen LogP contribution in [0.25, 0.3) is 10.8 Å². The highest BCUT2D eigenvalue weighted by Crippen LogP contribution is 2.52. The van der Waals surface area contributed by atoms with Crippen molar-refractivity contribution in [3.63, 3.8) is 0 Å². The molecule has 0 saturated carbocycles. The number of hydrogen-bond donors (Lipinski definition) is 5. The van der Waals surface area contributed by atoms with E-state index in [4.69, 9.17) is 14.2 Å². The van der Waals surface area contributed by atoms with Gasteiger partial charge in [0.15, 0.2) is 23.5 Å². The minimum absolute atomic E-state index is 0.000258. The summed E-state index contributed by atoms with van der Waals surface area (Å²) in [6.45, 7) is 2.53. The van der Waals surface area contributed by atoms with Gasteiger partial charge in [-0.1, -0.05) is 18.2 Å². The molecule has 11 nitrogen and oxygen atoms in total. The van der Waals surface area contributed by atoms with Crippen LogP contribution in [0.5, 0.6) is 11.5 Å². The Labute approximate surface area is 216 Å². The number of rotatable bonds is 4. The zero-order valence-corrected chi connectivity index (χ0v) is 20.9. The van der Waals surface area contributed by atoms with Crippen molar-refractivity contribution in [2.24, 2.45) is 5.92 Å². The highest BCUT2D eigenvalue weighted by molar-refractivity contribution is 6.25. The molecule has 1 saturated heterocycles. The van der Waals surface area contributed by atoms with Crippen molar-refractivity contribution >= 4 is 28.1 Å². The maximum atomic E-state index is 14.4. The SMILES string of the molecule is COC1C(=O)C(C(C)=O)=C(O)C2(OC3CC(O)C(O)C(C)O3)C(=O)c3c(cc4cccc(O)c4c3O)CC12. The molecule has 0 bridgehead atoms. The van der Waals surface area contributed by atoms with Gasteiger partial charge in [-0.25, -0.2) is 0 Å². The van der Waals surface area contributed by atoms with Gasteiger partial charge in [-0.2, -0.15) is 0 Å². The van der Waals surface area contributed by atoms with E-state index >= 15 is 0 Å².